The molecule has 0 aliphatic carbocycles. The molecule has 3 saturated heterocycles. The van der Waals surface area contributed by atoms with Crippen LogP contribution in [0, 0.1) is 11.8 Å². The summed E-state index contributed by atoms with van der Waals surface area (Å²) in [5, 5.41) is 5.47. The highest BCUT2D eigenvalue weighted by atomic mass is 16.5. The number of likely N-dealkylation sites (tertiary alicyclic amines) is 2. The van der Waals surface area contributed by atoms with Crippen molar-refractivity contribution >= 4 is 51.8 Å². The van der Waals surface area contributed by atoms with Gasteiger partial charge in [-0.3, -0.25) is 9.59 Å². The van der Waals surface area contributed by atoms with Gasteiger partial charge in [0.05, 0.1) is 67.1 Å². The number of anilines is 1. The smallest absolute Gasteiger partial charge is 0.407 e. The van der Waals surface area contributed by atoms with E-state index in [0.717, 1.165) is 94.8 Å². The summed E-state index contributed by atoms with van der Waals surface area (Å²) in [7, 11) is 4.25. The molecule has 17 heteroatoms. The quantitative estimate of drug-likeness (QED) is 0.0754. The van der Waals surface area contributed by atoms with Gasteiger partial charge >= 0.3 is 12.2 Å². The van der Waals surface area contributed by atoms with Gasteiger partial charge < -0.3 is 54.2 Å². The lowest BCUT2D eigenvalue weighted by atomic mass is 10.0. The van der Waals surface area contributed by atoms with Crippen LogP contribution < -0.4 is 20.3 Å². The number of rotatable bonds is 15. The third-order valence-corrected chi connectivity index (χ3v) is 13.4. The molecule has 0 radical (unpaired) electrons. The zero-order chi connectivity index (χ0) is 46.6. The molecule has 352 valence electrons. The van der Waals surface area contributed by atoms with Crippen molar-refractivity contribution in [3.63, 3.8) is 0 Å². The van der Waals surface area contributed by atoms with E-state index in [1.54, 1.807) is 7.11 Å². The van der Waals surface area contributed by atoms with E-state index in [9.17, 15) is 19.2 Å². The van der Waals surface area contributed by atoms with Gasteiger partial charge in [-0.2, -0.15) is 0 Å². The number of hydrogen-bond acceptors (Lipinski definition) is 11. The van der Waals surface area contributed by atoms with Gasteiger partial charge in [0, 0.05) is 25.9 Å². The molecule has 8 rings (SSSR count). The number of ether oxygens (including phenoxy) is 4. The number of imidazole rings is 2. The van der Waals surface area contributed by atoms with Crippen molar-refractivity contribution < 1.29 is 38.1 Å². The topological polar surface area (TPSA) is 196 Å². The molecule has 0 bridgehead atoms. The summed E-state index contributed by atoms with van der Waals surface area (Å²) in [6, 6.07) is 19.2. The molecular formula is C49H63N9O8. The van der Waals surface area contributed by atoms with E-state index in [-0.39, 0.29) is 47.8 Å². The molecule has 4 N–H and O–H groups in total. The molecule has 1 unspecified atom stereocenters. The first-order chi connectivity index (χ1) is 31.9. The number of alkyl carbamates (subject to hydrolysis) is 2. The minimum absolute atomic E-state index is 0.0192. The summed E-state index contributed by atoms with van der Waals surface area (Å²) < 4.78 is 20.8. The Morgan fingerprint density at radius 1 is 0.636 bits per heavy atom. The minimum Gasteiger partial charge on any atom is -0.491 e. The fraction of sp³-hybridized carbons (Fsp3) is 0.510. The van der Waals surface area contributed by atoms with E-state index in [0.29, 0.717) is 26.3 Å². The van der Waals surface area contributed by atoms with Crippen LogP contribution in [0.25, 0.3) is 22.1 Å². The first-order valence-corrected chi connectivity index (χ1v) is 23.2. The van der Waals surface area contributed by atoms with Gasteiger partial charge in [0.2, 0.25) is 11.8 Å². The van der Waals surface area contributed by atoms with E-state index >= 15 is 0 Å². The third kappa shape index (κ3) is 9.48. The number of fused-ring (bicyclic) bond motifs is 2. The van der Waals surface area contributed by atoms with Gasteiger partial charge in [0.15, 0.2) is 0 Å². The van der Waals surface area contributed by atoms with Crippen molar-refractivity contribution in [3.05, 3.63) is 83.4 Å². The van der Waals surface area contributed by atoms with Gasteiger partial charge in [0.25, 0.3) is 0 Å². The van der Waals surface area contributed by atoms with Crippen molar-refractivity contribution in [2.75, 3.05) is 52.5 Å². The van der Waals surface area contributed by atoms with Crippen molar-refractivity contribution in [2.45, 2.75) is 102 Å². The van der Waals surface area contributed by atoms with Gasteiger partial charge in [-0.15, -0.1) is 0 Å². The van der Waals surface area contributed by atoms with E-state index in [4.69, 9.17) is 28.9 Å². The molecule has 3 aromatic carbocycles. The number of methoxy groups -OCH3 is 3. The maximum Gasteiger partial charge on any atom is 0.407 e. The molecule has 5 aromatic rings. The second kappa shape index (κ2) is 20.0. The van der Waals surface area contributed by atoms with Gasteiger partial charge in [-0.1, -0.05) is 39.8 Å². The van der Waals surface area contributed by atoms with Crippen LogP contribution in [0.5, 0.6) is 5.75 Å². The summed E-state index contributed by atoms with van der Waals surface area (Å²) in [5.41, 5.74) is 6.76. The number of hydrogen-bond donors (Lipinski definition) is 4. The molecule has 3 fully saturated rings. The maximum atomic E-state index is 13.9. The molecule has 0 saturated carbocycles. The molecule has 66 heavy (non-hydrogen) atoms. The van der Waals surface area contributed by atoms with Crippen LogP contribution in [0.2, 0.25) is 0 Å². The molecule has 17 nitrogen and oxygen atoms in total. The predicted octanol–water partition coefficient (Wildman–Crippen LogP) is 7.64. The van der Waals surface area contributed by atoms with Crippen LogP contribution in [0.3, 0.4) is 0 Å². The Balaban J connectivity index is 1.08. The Morgan fingerprint density at radius 2 is 1.11 bits per heavy atom. The molecule has 4 amide bonds. The average Bonchev–Trinajstić information content (AvgIpc) is 4.18. The molecule has 3 aliphatic rings. The Hall–Kier alpha value is -6.36. The normalized spacial score (nSPS) is 20.7. The highest BCUT2D eigenvalue weighted by Gasteiger charge is 2.40. The Labute approximate surface area is 385 Å². The first-order valence-electron chi connectivity index (χ1n) is 23.2. The summed E-state index contributed by atoms with van der Waals surface area (Å²) in [4.78, 5) is 75.5. The first kappa shape index (κ1) is 46.2. The van der Waals surface area contributed by atoms with E-state index in [1.807, 2.05) is 49.6 Å². The van der Waals surface area contributed by atoms with Gasteiger partial charge in [-0.05, 0) is 110 Å². The van der Waals surface area contributed by atoms with E-state index in [2.05, 4.69) is 74.0 Å². The Kier molecular flexibility index (Phi) is 14.0. The van der Waals surface area contributed by atoms with Crippen molar-refractivity contribution in [1.82, 2.24) is 40.4 Å². The number of H-pyrrole nitrogens is 2. The third-order valence-electron chi connectivity index (χ3n) is 13.4. The minimum atomic E-state index is -0.716. The summed E-state index contributed by atoms with van der Waals surface area (Å²) >= 11 is 0. The lowest BCUT2D eigenvalue weighted by Gasteiger charge is -2.33. The molecular weight excluding hydrogens is 843 g/mol. The maximum absolute atomic E-state index is 13.9. The fourth-order valence-electron chi connectivity index (χ4n) is 9.99. The highest BCUT2D eigenvalue weighted by Crippen LogP contribution is 2.48. The molecule has 2 aromatic heterocycles. The second-order valence-electron chi connectivity index (χ2n) is 18.2. The van der Waals surface area contributed by atoms with E-state index in [1.165, 1.54) is 14.2 Å². The fourth-order valence-corrected chi connectivity index (χ4v) is 9.99. The highest BCUT2D eigenvalue weighted by molar-refractivity contribution is 5.87. The van der Waals surface area contributed by atoms with Gasteiger partial charge in [-0.25, -0.2) is 19.6 Å². The lowest BCUT2D eigenvalue weighted by molar-refractivity contribution is -0.136. The van der Waals surface area contributed by atoms with Crippen LogP contribution in [-0.2, 0) is 23.8 Å². The number of carbonyl (C=O) groups excluding carboxylic acids is 4. The molecule has 6 atom stereocenters. The number of nitrogens with one attached hydrogen (secondary N) is 4. The Morgan fingerprint density at radius 3 is 1.53 bits per heavy atom. The van der Waals surface area contributed by atoms with Crippen molar-refractivity contribution in [1.29, 1.82) is 0 Å². The summed E-state index contributed by atoms with van der Waals surface area (Å²) in [5.74, 6) is 1.67. The number of nitrogens with zero attached hydrogens (tertiary/aromatic N) is 5. The Bertz CT molecular complexity index is 2380. The predicted molar refractivity (Wildman–Crippen MR) is 249 cm³/mol. The van der Waals surface area contributed by atoms with Crippen LogP contribution in [0.1, 0.15) is 113 Å². The summed E-state index contributed by atoms with van der Waals surface area (Å²) in [6.07, 6.45) is 3.70. The largest absolute Gasteiger partial charge is 0.491 e. The van der Waals surface area contributed by atoms with Crippen LogP contribution in [0.4, 0.5) is 15.3 Å². The summed E-state index contributed by atoms with van der Waals surface area (Å²) in [6.45, 7) is 9.74. The molecule has 3 aliphatic heterocycles. The number of aromatic nitrogens is 4. The molecule has 5 heterocycles. The van der Waals surface area contributed by atoms with Crippen LogP contribution >= 0.6 is 0 Å². The van der Waals surface area contributed by atoms with Crippen molar-refractivity contribution in [3.8, 4) is 5.75 Å². The molecule has 0 spiro atoms. The van der Waals surface area contributed by atoms with E-state index < -0.39 is 24.3 Å². The number of carbonyl (C=O) groups is 4. The monoisotopic (exact) mass is 905 g/mol. The number of benzene rings is 3. The standard InChI is InChI=1S/C49H63N9O8/c1-28(2)42(54-48(61)64-6)46(59)56-22-8-10-40(56)44-50-34-18-12-30(26-36(34)52-44)38-20-21-39(58(38)32-14-16-33(17-15-32)66-25-24-63-5)31-13-19-35-37(27-31)53-45(51-35)41-11-9-23-57(41)47(60)43(29(3)4)55-49(62)65-7/h12-19,26-29,38-43H,8-11,20-25H2,1-7H3,(H,50,52)(H,51,53)(H,54,61)(H,55,62)/t38-,39-,40+,41+,42+,43?/m1/s1. The lowest BCUT2D eigenvalue weighted by Crippen LogP contribution is -2.51. The average molecular weight is 906 g/mol. The second-order valence-corrected chi connectivity index (χ2v) is 18.2. The van der Waals surface area contributed by atoms with Crippen LogP contribution in [0.15, 0.2) is 60.7 Å². The van der Waals surface area contributed by atoms with Gasteiger partial charge in [0.1, 0.15) is 36.1 Å². The SMILES string of the molecule is COCCOc1ccc(N2[C@@H](c3ccc4nc([C@@H]5CCCN5C(=O)C(NC(=O)OC)C(C)C)[nH]c4c3)CC[C@@H]2c2ccc3nc([C@@H]4CCCN4C(=O)[C@@H](NC(=O)OC)C(C)C)[nH]c3c2)cc1. The number of amides is 4. The van der Waals surface area contributed by atoms with Crippen molar-refractivity contribution in [2.24, 2.45) is 11.8 Å². The number of aromatic amines is 2. The van der Waals surface area contributed by atoms with Crippen LogP contribution in [-0.4, -0.2) is 113 Å². The zero-order valence-corrected chi connectivity index (χ0v) is 39.0. The zero-order valence-electron chi connectivity index (χ0n) is 39.0.